The summed E-state index contributed by atoms with van der Waals surface area (Å²) in [6.07, 6.45) is -0.765. The molecule has 1 aliphatic heterocycles. The van der Waals surface area contributed by atoms with Crippen LogP contribution in [0.5, 0.6) is 5.75 Å². The lowest BCUT2D eigenvalue weighted by atomic mass is 9.83. The van der Waals surface area contributed by atoms with Gasteiger partial charge in [0.1, 0.15) is 23.3 Å². The summed E-state index contributed by atoms with van der Waals surface area (Å²) in [6.45, 7) is 1.82. The maximum atomic E-state index is 15.6. The molecule has 11 heteroatoms. The molecule has 9 nitrogen and oxygen atoms in total. The number of halogens is 2. The van der Waals surface area contributed by atoms with Crippen molar-refractivity contribution in [3.8, 4) is 11.8 Å². The van der Waals surface area contributed by atoms with Crippen molar-refractivity contribution < 1.29 is 28.2 Å². The van der Waals surface area contributed by atoms with Crippen LogP contribution < -0.4 is 5.73 Å². The fourth-order valence-corrected chi connectivity index (χ4v) is 4.06. The molecule has 1 fully saturated rings. The van der Waals surface area contributed by atoms with Crippen molar-refractivity contribution in [2.24, 2.45) is 5.73 Å². The molecule has 3 rings (SSSR count). The average molecular weight is 461 g/mol. The van der Waals surface area contributed by atoms with Crippen LogP contribution in [0.1, 0.15) is 40.0 Å². The molecule has 176 valence electrons. The Hall–Kier alpha value is -3.52. The summed E-state index contributed by atoms with van der Waals surface area (Å²) in [6, 6.07) is 4.53. The zero-order chi connectivity index (χ0) is 24.3. The van der Waals surface area contributed by atoms with Gasteiger partial charge in [-0.3, -0.25) is 19.2 Å². The molecular formula is C22H25F2N5O4. The molecule has 0 saturated carbocycles. The molecule has 1 saturated heterocycles. The minimum absolute atomic E-state index is 0.0403. The Balaban J connectivity index is 1.88. The largest absolute Gasteiger partial charge is 0.508 e. The third-order valence-corrected chi connectivity index (χ3v) is 6.06. The van der Waals surface area contributed by atoms with Gasteiger partial charge in [0.15, 0.2) is 0 Å². The zero-order valence-corrected chi connectivity index (χ0v) is 18.3. The molecule has 2 unspecified atom stereocenters. The summed E-state index contributed by atoms with van der Waals surface area (Å²) < 4.78 is 35.8. The topological polar surface area (TPSA) is 134 Å². The number of nitrogens with two attached hydrogens (primary N) is 1. The Kier molecular flexibility index (Phi) is 6.98. The van der Waals surface area contributed by atoms with E-state index in [0.717, 1.165) is 0 Å². The highest BCUT2D eigenvalue weighted by molar-refractivity contribution is 5.94. The van der Waals surface area contributed by atoms with Crippen molar-refractivity contribution >= 4 is 11.9 Å². The normalized spacial score (nSPS) is 20.9. The van der Waals surface area contributed by atoms with Crippen molar-refractivity contribution in [1.29, 1.82) is 5.26 Å². The van der Waals surface area contributed by atoms with Gasteiger partial charge in [-0.25, -0.2) is 8.78 Å². The van der Waals surface area contributed by atoms with Gasteiger partial charge in [0.05, 0.1) is 37.3 Å². The molecule has 2 atom stereocenters. The summed E-state index contributed by atoms with van der Waals surface area (Å²) in [7, 11) is 1.18. The second-order valence-electron chi connectivity index (χ2n) is 8.17. The van der Waals surface area contributed by atoms with Gasteiger partial charge in [-0.2, -0.15) is 10.4 Å². The highest BCUT2D eigenvalue weighted by atomic mass is 19.1. The number of aryl methyl sites for hydroxylation is 1. The number of ether oxygens (including phenoxy) is 1. The standard InChI is InChI=1S/C22H25F2N5O4/c1-13-7-16(23)14(8-18(13)30)10-28-6-4-22(3-5-25,19(24)12-28)29-11-15(21(26)32)17(27-29)9-20(31)33-2/h7-8,11,19,30H,3-4,6,9-10,12H2,1-2H3,(H2,26,32). The Morgan fingerprint density at radius 3 is 2.79 bits per heavy atom. The van der Waals surface area contributed by atoms with Crippen LogP contribution in [0.15, 0.2) is 18.3 Å². The van der Waals surface area contributed by atoms with Crippen LogP contribution in [-0.4, -0.2) is 58.0 Å². The third kappa shape index (κ3) is 4.80. The number of piperidine rings is 1. The monoisotopic (exact) mass is 461 g/mol. The number of benzene rings is 1. The van der Waals surface area contributed by atoms with Crippen molar-refractivity contribution in [3.63, 3.8) is 0 Å². The van der Waals surface area contributed by atoms with Gasteiger partial charge in [0.25, 0.3) is 5.91 Å². The number of aromatic nitrogens is 2. The van der Waals surface area contributed by atoms with Crippen LogP contribution in [-0.2, 0) is 28.0 Å². The lowest BCUT2D eigenvalue weighted by molar-refractivity contribution is -0.139. The maximum absolute atomic E-state index is 15.6. The molecule has 0 spiro atoms. The van der Waals surface area contributed by atoms with Gasteiger partial charge >= 0.3 is 5.97 Å². The number of carbonyl (C=O) groups excluding carboxylic acids is 2. The van der Waals surface area contributed by atoms with E-state index in [1.54, 1.807) is 11.8 Å². The molecule has 1 aliphatic rings. The molecule has 3 N–H and O–H groups in total. The molecule has 0 radical (unpaired) electrons. The number of esters is 1. The molecule has 0 bridgehead atoms. The van der Waals surface area contributed by atoms with Gasteiger partial charge in [-0.1, -0.05) is 0 Å². The number of amides is 1. The van der Waals surface area contributed by atoms with Gasteiger partial charge in [0, 0.05) is 31.4 Å². The number of hydrogen-bond acceptors (Lipinski definition) is 7. The summed E-state index contributed by atoms with van der Waals surface area (Å²) >= 11 is 0. The summed E-state index contributed by atoms with van der Waals surface area (Å²) in [5, 5.41) is 23.5. The first-order chi connectivity index (χ1) is 15.6. The number of phenolic OH excluding ortho intramolecular Hbond substituents is 1. The highest BCUT2D eigenvalue weighted by Gasteiger charge is 2.46. The molecule has 1 amide bonds. The van der Waals surface area contributed by atoms with Crippen LogP contribution in [0.4, 0.5) is 8.78 Å². The number of carbonyl (C=O) groups is 2. The van der Waals surface area contributed by atoms with Crippen LogP contribution in [0.25, 0.3) is 0 Å². The minimum Gasteiger partial charge on any atom is -0.508 e. The number of primary amides is 1. The first kappa shape index (κ1) is 24.1. The second-order valence-corrected chi connectivity index (χ2v) is 8.17. The fraction of sp³-hybridized carbons (Fsp3) is 0.455. The number of nitriles is 1. The number of likely N-dealkylation sites (tertiary alicyclic amines) is 1. The molecule has 2 heterocycles. The van der Waals surface area contributed by atoms with Crippen molar-refractivity contribution in [1.82, 2.24) is 14.7 Å². The van der Waals surface area contributed by atoms with Crippen LogP contribution in [0, 0.1) is 24.1 Å². The van der Waals surface area contributed by atoms with Gasteiger partial charge in [0.2, 0.25) is 0 Å². The summed E-state index contributed by atoms with van der Waals surface area (Å²) in [4.78, 5) is 25.2. The minimum atomic E-state index is -1.60. The van der Waals surface area contributed by atoms with E-state index in [1.807, 2.05) is 6.07 Å². The van der Waals surface area contributed by atoms with Crippen LogP contribution in [0.2, 0.25) is 0 Å². The quantitative estimate of drug-likeness (QED) is 0.599. The third-order valence-electron chi connectivity index (χ3n) is 6.06. The van der Waals surface area contributed by atoms with Crippen LogP contribution in [0.3, 0.4) is 0 Å². The molecule has 0 aliphatic carbocycles. The van der Waals surface area contributed by atoms with Crippen molar-refractivity contribution in [3.05, 3.63) is 46.5 Å². The predicted octanol–water partition coefficient (Wildman–Crippen LogP) is 1.70. The fourth-order valence-electron chi connectivity index (χ4n) is 4.06. The number of phenols is 1. The maximum Gasteiger partial charge on any atom is 0.311 e. The molecule has 1 aromatic heterocycles. The van der Waals surface area contributed by atoms with E-state index in [0.29, 0.717) is 12.1 Å². The first-order valence-corrected chi connectivity index (χ1v) is 10.3. The lowest BCUT2D eigenvalue weighted by Gasteiger charge is -2.43. The smallest absolute Gasteiger partial charge is 0.311 e. The second kappa shape index (κ2) is 9.54. The molecular weight excluding hydrogens is 436 g/mol. The number of methoxy groups -OCH3 is 1. The number of rotatable bonds is 7. The van der Waals surface area contributed by atoms with Gasteiger partial charge < -0.3 is 15.6 Å². The number of hydrogen-bond donors (Lipinski definition) is 2. The Morgan fingerprint density at radius 1 is 1.45 bits per heavy atom. The van der Waals surface area contributed by atoms with E-state index in [4.69, 9.17) is 5.73 Å². The molecule has 1 aromatic carbocycles. The van der Waals surface area contributed by atoms with Crippen molar-refractivity contribution in [2.75, 3.05) is 20.2 Å². The summed E-state index contributed by atoms with van der Waals surface area (Å²) in [5.74, 6) is -2.03. The molecule has 33 heavy (non-hydrogen) atoms. The Bertz CT molecular complexity index is 1110. The Labute approximate surface area is 189 Å². The average Bonchev–Trinajstić information content (AvgIpc) is 3.18. The highest BCUT2D eigenvalue weighted by Crippen LogP contribution is 2.37. The summed E-state index contributed by atoms with van der Waals surface area (Å²) in [5.41, 5.74) is 4.63. The molecule has 2 aromatic rings. The zero-order valence-electron chi connectivity index (χ0n) is 18.3. The lowest BCUT2D eigenvalue weighted by Crippen LogP contribution is -2.54. The van der Waals surface area contributed by atoms with Gasteiger partial charge in [-0.05, 0) is 31.0 Å². The number of nitrogens with zero attached hydrogens (tertiary/aromatic N) is 4. The number of aromatic hydroxyl groups is 1. The van der Waals surface area contributed by atoms with Gasteiger partial charge in [-0.15, -0.1) is 0 Å². The van der Waals surface area contributed by atoms with E-state index in [9.17, 15) is 24.3 Å². The van der Waals surface area contributed by atoms with E-state index in [-0.39, 0.29) is 54.9 Å². The van der Waals surface area contributed by atoms with E-state index in [2.05, 4.69) is 9.84 Å². The predicted molar refractivity (Wildman–Crippen MR) is 112 cm³/mol. The van der Waals surface area contributed by atoms with E-state index < -0.39 is 29.4 Å². The number of alkyl halides is 1. The van der Waals surface area contributed by atoms with E-state index in [1.165, 1.54) is 30.1 Å². The SMILES string of the molecule is COC(=O)Cc1nn(C2(CC#N)CCN(Cc3cc(O)c(C)cc3F)CC2F)cc1C(N)=O. The first-order valence-electron chi connectivity index (χ1n) is 10.3. The van der Waals surface area contributed by atoms with E-state index >= 15 is 4.39 Å². The Morgan fingerprint density at radius 2 is 2.18 bits per heavy atom. The van der Waals surface area contributed by atoms with Crippen molar-refractivity contribution in [2.45, 2.75) is 44.4 Å². The van der Waals surface area contributed by atoms with Crippen LogP contribution >= 0.6 is 0 Å².